The predicted molar refractivity (Wildman–Crippen MR) is 51.5 cm³/mol. The van der Waals surface area contributed by atoms with Crippen molar-refractivity contribution in [2.75, 3.05) is 6.61 Å². The molecule has 78 valence electrons. The minimum Gasteiger partial charge on any atom is -0.460 e. The molecule has 0 saturated carbocycles. The summed E-state index contributed by atoms with van der Waals surface area (Å²) in [6.45, 7) is 3.88. The van der Waals surface area contributed by atoms with Gasteiger partial charge in [0.05, 0.1) is 6.61 Å². The molecule has 0 atom stereocenters. The molecule has 6 nitrogen and oxygen atoms in total. The lowest BCUT2D eigenvalue weighted by Gasteiger charge is -1.93. The summed E-state index contributed by atoms with van der Waals surface area (Å²) in [6, 6.07) is 1.79. The molecule has 2 aromatic rings. The highest BCUT2D eigenvalue weighted by Gasteiger charge is 2.13. The van der Waals surface area contributed by atoms with E-state index in [1.165, 1.54) is 4.52 Å². The molecule has 2 rings (SSSR count). The Morgan fingerprint density at radius 1 is 1.53 bits per heavy atom. The van der Waals surface area contributed by atoms with Gasteiger partial charge in [-0.1, -0.05) is 0 Å². The van der Waals surface area contributed by atoms with E-state index in [4.69, 9.17) is 4.74 Å². The van der Waals surface area contributed by atoms with Crippen LogP contribution in [-0.2, 0) is 4.74 Å². The molecule has 2 aromatic heterocycles. The van der Waals surface area contributed by atoms with Crippen molar-refractivity contribution in [3.8, 4) is 0 Å². The molecule has 0 aliphatic carbocycles. The zero-order valence-corrected chi connectivity index (χ0v) is 8.47. The standard InChI is InChI=1S/C9H10N4O2/c1-3-15-8(14)7-11-9-10-6(2)4-5-13(9)12-7/h4-5H,3H2,1-2H3. The zero-order valence-electron chi connectivity index (χ0n) is 8.47. The van der Waals surface area contributed by atoms with Crippen molar-refractivity contribution in [2.45, 2.75) is 13.8 Å². The monoisotopic (exact) mass is 206 g/mol. The van der Waals surface area contributed by atoms with Gasteiger partial charge in [0.25, 0.3) is 11.6 Å². The molecular formula is C9H10N4O2. The molecule has 0 unspecified atom stereocenters. The van der Waals surface area contributed by atoms with Crippen LogP contribution in [0.1, 0.15) is 23.2 Å². The Morgan fingerprint density at radius 2 is 2.33 bits per heavy atom. The summed E-state index contributed by atoms with van der Waals surface area (Å²) in [6.07, 6.45) is 1.70. The number of esters is 1. The van der Waals surface area contributed by atoms with Gasteiger partial charge in [0.1, 0.15) is 0 Å². The van der Waals surface area contributed by atoms with Crippen molar-refractivity contribution in [1.82, 2.24) is 19.6 Å². The number of aryl methyl sites for hydroxylation is 1. The molecular weight excluding hydrogens is 196 g/mol. The van der Waals surface area contributed by atoms with Gasteiger partial charge in [0, 0.05) is 11.9 Å². The van der Waals surface area contributed by atoms with Crippen LogP contribution in [0.2, 0.25) is 0 Å². The number of hydrogen-bond donors (Lipinski definition) is 0. The Morgan fingerprint density at radius 3 is 3.07 bits per heavy atom. The lowest BCUT2D eigenvalue weighted by Crippen LogP contribution is -2.06. The average molecular weight is 206 g/mol. The van der Waals surface area contributed by atoms with E-state index in [1.54, 1.807) is 19.2 Å². The van der Waals surface area contributed by atoms with Gasteiger partial charge in [-0.05, 0) is 19.9 Å². The fourth-order valence-corrected chi connectivity index (χ4v) is 1.15. The molecule has 0 fully saturated rings. The number of aromatic nitrogens is 4. The van der Waals surface area contributed by atoms with Crippen molar-refractivity contribution < 1.29 is 9.53 Å². The van der Waals surface area contributed by atoms with Gasteiger partial charge in [-0.15, -0.1) is 5.10 Å². The van der Waals surface area contributed by atoms with Crippen molar-refractivity contribution in [3.05, 3.63) is 23.8 Å². The minimum atomic E-state index is -0.527. The van der Waals surface area contributed by atoms with Crippen LogP contribution in [0.3, 0.4) is 0 Å². The summed E-state index contributed by atoms with van der Waals surface area (Å²) in [4.78, 5) is 19.4. The van der Waals surface area contributed by atoms with Gasteiger partial charge in [0.2, 0.25) is 0 Å². The molecule has 0 radical (unpaired) electrons. The fraction of sp³-hybridized carbons (Fsp3) is 0.333. The Hall–Kier alpha value is -1.98. The third kappa shape index (κ3) is 1.78. The van der Waals surface area contributed by atoms with Gasteiger partial charge in [-0.3, -0.25) is 0 Å². The first-order valence-corrected chi connectivity index (χ1v) is 4.58. The molecule has 2 heterocycles. The normalized spacial score (nSPS) is 10.5. The molecule has 0 aromatic carbocycles. The van der Waals surface area contributed by atoms with Gasteiger partial charge in [-0.25, -0.2) is 14.3 Å². The summed E-state index contributed by atoms with van der Waals surface area (Å²) in [5.74, 6) is -0.0892. The molecule has 0 aliphatic heterocycles. The van der Waals surface area contributed by atoms with Crippen LogP contribution in [0.15, 0.2) is 12.3 Å². The minimum absolute atomic E-state index is 0.0370. The average Bonchev–Trinajstić information content (AvgIpc) is 2.60. The lowest BCUT2D eigenvalue weighted by atomic mass is 10.5. The van der Waals surface area contributed by atoms with Crippen LogP contribution >= 0.6 is 0 Å². The fourth-order valence-electron chi connectivity index (χ4n) is 1.15. The second-order valence-electron chi connectivity index (χ2n) is 2.97. The van der Waals surface area contributed by atoms with Crippen LogP contribution in [0, 0.1) is 6.92 Å². The first-order chi connectivity index (χ1) is 7.20. The van der Waals surface area contributed by atoms with Crippen LogP contribution < -0.4 is 0 Å². The Balaban J connectivity index is 2.42. The van der Waals surface area contributed by atoms with Gasteiger partial charge in [-0.2, -0.15) is 4.98 Å². The number of carbonyl (C=O) groups excluding carboxylic acids is 1. The highest BCUT2D eigenvalue weighted by Crippen LogP contribution is 2.01. The Bertz CT molecular complexity index is 506. The maximum atomic E-state index is 11.3. The summed E-state index contributed by atoms with van der Waals surface area (Å²) in [5.41, 5.74) is 0.824. The number of rotatable bonds is 2. The van der Waals surface area contributed by atoms with Crippen LogP contribution in [-0.4, -0.2) is 32.2 Å². The van der Waals surface area contributed by atoms with E-state index < -0.39 is 5.97 Å². The number of fused-ring (bicyclic) bond motifs is 1. The molecule has 0 aliphatic rings. The van der Waals surface area contributed by atoms with E-state index in [0.717, 1.165) is 5.69 Å². The largest absolute Gasteiger partial charge is 0.460 e. The van der Waals surface area contributed by atoms with E-state index in [0.29, 0.717) is 12.4 Å². The summed E-state index contributed by atoms with van der Waals surface area (Å²) in [5, 5.41) is 3.94. The zero-order chi connectivity index (χ0) is 10.8. The maximum absolute atomic E-state index is 11.3. The maximum Gasteiger partial charge on any atom is 0.378 e. The van der Waals surface area contributed by atoms with Crippen molar-refractivity contribution in [3.63, 3.8) is 0 Å². The van der Waals surface area contributed by atoms with Gasteiger partial charge in [0.15, 0.2) is 0 Å². The first-order valence-electron chi connectivity index (χ1n) is 4.58. The van der Waals surface area contributed by atoms with Crippen molar-refractivity contribution in [2.24, 2.45) is 0 Å². The van der Waals surface area contributed by atoms with Gasteiger partial charge >= 0.3 is 5.97 Å². The number of carbonyl (C=O) groups is 1. The number of nitrogens with zero attached hydrogens (tertiary/aromatic N) is 4. The smallest absolute Gasteiger partial charge is 0.378 e. The summed E-state index contributed by atoms with van der Waals surface area (Å²) >= 11 is 0. The molecule has 0 amide bonds. The van der Waals surface area contributed by atoms with Crippen molar-refractivity contribution in [1.29, 1.82) is 0 Å². The second kappa shape index (κ2) is 3.64. The van der Waals surface area contributed by atoms with E-state index in [-0.39, 0.29) is 5.82 Å². The Labute approximate surface area is 85.9 Å². The predicted octanol–water partition coefficient (Wildman–Crippen LogP) is 0.609. The second-order valence-corrected chi connectivity index (χ2v) is 2.97. The van der Waals surface area contributed by atoms with Crippen LogP contribution in [0.25, 0.3) is 5.78 Å². The highest BCUT2D eigenvalue weighted by molar-refractivity contribution is 5.85. The molecule has 0 saturated heterocycles. The SMILES string of the molecule is CCOC(=O)c1nc2nc(C)ccn2n1. The van der Waals surface area contributed by atoms with Crippen LogP contribution in [0.5, 0.6) is 0 Å². The molecule has 0 N–H and O–H groups in total. The summed E-state index contributed by atoms with van der Waals surface area (Å²) in [7, 11) is 0. The number of hydrogen-bond acceptors (Lipinski definition) is 5. The summed E-state index contributed by atoms with van der Waals surface area (Å²) < 4.78 is 6.23. The number of ether oxygens (including phenoxy) is 1. The van der Waals surface area contributed by atoms with E-state index in [9.17, 15) is 4.79 Å². The van der Waals surface area contributed by atoms with E-state index in [1.807, 2.05) is 6.92 Å². The topological polar surface area (TPSA) is 69.4 Å². The lowest BCUT2D eigenvalue weighted by molar-refractivity contribution is 0.0512. The Kier molecular flexibility index (Phi) is 2.32. The quantitative estimate of drug-likeness (QED) is 0.673. The van der Waals surface area contributed by atoms with E-state index >= 15 is 0 Å². The first kappa shape index (κ1) is 9.57. The molecule has 0 spiro atoms. The van der Waals surface area contributed by atoms with Crippen LogP contribution in [0.4, 0.5) is 0 Å². The van der Waals surface area contributed by atoms with Gasteiger partial charge < -0.3 is 4.74 Å². The van der Waals surface area contributed by atoms with Crippen molar-refractivity contribution >= 4 is 11.7 Å². The molecule has 0 bridgehead atoms. The molecule has 15 heavy (non-hydrogen) atoms. The third-order valence-corrected chi connectivity index (χ3v) is 1.80. The third-order valence-electron chi connectivity index (χ3n) is 1.80. The molecule has 6 heteroatoms. The highest BCUT2D eigenvalue weighted by atomic mass is 16.5. The van der Waals surface area contributed by atoms with E-state index in [2.05, 4.69) is 15.1 Å².